The molecular weight excluding hydrogens is 252 g/mol. The minimum atomic E-state index is -0.113. The van der Waals surface area contributed by atoms with Crippen molar-refractivity contribution in [2.24, 2.45) is 5.10 Å². The Balaban J connectivity index is 1.72. The van der Waals surface area contributed by atoms with Gasteiger partial charge in [0.05, 0.1) is 17.8 Å². The van der Waals surface area contributed by atoms with E-state index < -0.39 is 0 Å². The Kier molecular flexibility index (Phi) is 3.69. The third-order valence-corrected chi connectivity index (χ3v) is 3.42. The van der Waals surface area contributed by atoms with Gasteiger partial charge in [-0.1, -0.05) is 24.3 Å². The lowest BCUT2D eigenvalue weighted by atomic mass is 10.1. The maximum Gasteiger partial charge on any atom is 0.257 e. The fourth-order valence-electron chi connectivity index (χ4n) is 2.38. The lowest BCUT2D eigenvalue weighted by Crippen LogP contribution is -2.38. The maximum absolute atomic E-state index is 11.8. The van der Waals surface area contributed by atoms with E-state index in [0.717, 1.165) is 35.9 Å². The molecule has 0 bridgehead atoms. The Morgan fingerprint density at radius 3 is 3.15 bits per heavy atom. The van der Waals surface area contributed by atoms with E-state index in [1.807, 2.05) is 30.3 Å². The fourth-order valence-corrected chi connectivity index (χ4v) is 2.38. The van der Waals surface area contributed by atoms with Gasteiger partial charge in [0, 0.05) is 17.1 Å². The number of rotatable bonds is 3. The molecule has 2 aromatic rings. The summed E-state index contributed by atoms with van der Waals surface area (Å²) in [6, 6.07) is 9.67. The Morgan fingerprint density at radius 1 is 1.40 bits per heavy atom. The number of hydrazone groups is 1. The highest BCUT2D eigenvalue weighted by molar-refractivity contribution is 5.97. The van der Waals surface area contributed by atoms with Crippen molar-refractivity contribution in [1.82, 2.24) is 15.7 Å². The van der Waals surface area contributed by atoms with Gasteiger partial charge in [-0.15, -0.1) is 0 Å². The lowest BCUT2D eigenvalue weighted by molar-refractivity contribution is -0.122. The van der Waals surface area contributed by atoms with Crippen molar-refractivity contribution in [3.63, 3.8) is 0 Å². The molecule has 1 aromatic carbocycles. The molecule has 5 nitrogen and oxygen atoms in total. The monoisotopic (exact) mass is 268 g/mol. The van der Waals surface area contributed by atoms with Crippen LogP contribution in [-0.4, -0.2) is 29.7 Å². The highest BCUT2D eigenvalue weighted by atomic mass is 16.2. The van der Waals surface area contributed by atoms with E-state index >= 15 is 0 Å². The molecule has 1 aromatic heterocycles. The second-order valence-corrected chi connectivity index (χ2v) is 4.81. The topological polar surface area (TPSA) is 66.4 Å². The Bertz CT molecular complexity index is 642. The number of hydrogen-bond acceptors (Lipinski definition) is 4. The summed E-state index contributed by atoms with van der Waals surface area (Å²) in [7, 11) is 0. The van der Waals surface area contributed by atoms with Gasteiger partial charge >= 0.3 is 0 Å². The van der Waals surface area contributed by atoms with Crippen LogP contribution >= 0.6 is 0 Å². The molecule has 0 unspecified atom stereocenters. The zero-order chi connectivity index (χ0) is 13.8. The van der Waals surface area contributed by atoms with Crippen LogP contribution in [0.15, 0.2) is 41.6 Å². The largest absolute Gasteiger partial charge is 0.306 e. The summed E-state index contributed by atoms with van der Waals surface area (Å²) < 4.78 is 0. The van der Waals surface area contributed by atoms with E-state index in [-0.39, 0.29) is 11.9 Å². The van der Waals surface area contributed by atoms with Crippen molar-refractivity contribution in [3.8, 4) is 0 Å². The molecule has 0 aliphatic carbocycles. The molecule has 5 heteroatoms. The van der Waals surface area contributed by atoms with Crippen LogP contribution < -0.4 is 10.7 Å². The summed E-state index contributed by atoms with van der Waals surface area (Å²) in [6.07, 6.45) is 5.30. The number of benzene rings is 1. The van der Waals surface area contributed by atoms with Crippen molar-refractivity contribution >= 4 is 23.0 Å². The van der Waals surface area contributed by atoms with Crippen LogP contribution in [0.25, 0.3) is 10.9 Å². The zero-order valence-corrected chi connectivity index (χ0v) is 11.0. The molecule has 0 saturated carbocycles. The normalized spacial score (nSPS) is 18.7. The van der Waals surface area contributed by atoms with E-state index in [2.05, 4.69) is 20.8 Å². The lowest BCUT2D eigenvalue weighted by Gasteiger charge is -2.07. The van der Waals surface area contributed by atoms with Gasteiger partial charge in [0.15, 0.2) is 0 Å². The number of para-hydroxylation sites is 1. The van der Waals surface area contributed by atoms with E-state index in [1.165, 1.54) is 0 Å². The van der Waals surface area contributed by atoms with Gasteiger partial charge in [-0.2, -0.15) is 5.10 Å². The van der Waals surface area contributed by atoms with Gasteiger partial charge in [-0.25, -0.2) is 5.43 Å². The van der Waals surface area contributed by atoms with E-state index in [4.69, 9.17) is 0 Å². The molecule has 1 fully saturated rings. The van der Waals surface area contributed by atoms with Crippen LogP contribution in [0, 0.1) is 0 Å². The first-order valence-corrected chi connectivity index (χ1v) is 6.74. The number of hydrogen-bond donors (Lipinski definition) is 2. The van der Waals surface area contributed by atoms with Crippen molar-refractivity contribution in [2.75, 3.05) is 6.54 Å². The SMILES string of the molecule is O=C(NN=Cc1cccc2cccnc12)[C@@H]1CCCN1. The van der Waals surface area contributed by atoms with Gasteiger partial charge in [0.1, 0.15) is 0 Å². The summed E-state index contributed by atoms with van der Waals surface area (Å²) in [4.78, 5) is 16.1. The van der Waals surface area contributed by atoms with Crippen LogP contribution in [0.2, 0.25) is 0 Å². The van der Waals surface area contributed by atoms with Gasteiger partial charge in [-0.3, -0.25) is 9.78 Å². The predicted molar refractivity (Wildman–Crippen MR) is 78.5 cm³/mol. The maximum atomic E-state index is 11.8. The van der Waals surface area contributed by atoms with Crippen LogP contribution in [-0.2, 0) is 4.79 Å². The van der Waals surface area contributed by atoms with E-state index in [0.29, 0.717) is 0 Å². The first-order chi connectivity index (χ1) is 9.84. The Morgan fingerprint density at radius 2 is 2.30 bits per heavy atom. The van der Waals surface area contributed by atoms with Crippen LogP contribution in [0.4, 0.5) is 0 Å². The summed E-state index contributed by atoms with van der Waals surface area (Å²) in [5.74, 6) is -0.0769. The van der Waals surface area contributed by atoms with Crippen LogP contribution in [0.1, 0.15) is 18.4 Å². The third-order valence-electron chi connectivity index (χ3n) is 3.42. The van der Waals surface area contributed by atoms with Gasteiger partial charge in [0.25, 0.3) is 5.91 Å². The summed E-state index contributed by atoms with van der Waals surface area (Å²) >= 11 is 0. The number of nitrogens with zero attached hydrogens (tertiary/aromatic N) is 2. The average Bonchev–Trinajstić information content (AvgIpc) is 3.02. The van der Waals surface area contributed by atoms with Gasteiger partial charge in [0.2, 0.25) is 0 Å². The molecule has 102 valence electrons. The average molecular weight is 268 g/mol. The number of pyridine rings is 1. The summed E-state index contributed by atoms with van der Waals surface area (Å²) in [6.45, 7) is 0.898. The summed E-state index contributed by atoms with van der Waals surface area (Å²) in [5, 5.41) is 8.22. The smallest absolute Gasteiger partial charge is 0.257 e. The van der Waals surface area contributed by atoms with Crippen molar-refractivity contribution in [1.29, 1.82) is 0 Å². The highest BCUT2D eigenvalue weighted by Crippen LogP contribution is 2.13. The molecule has 0 spiro atoms. The number of carbonyl (C=O) groups is 1. The van der Waals surface area contributed by atoms with Crippen molar-refractivity contribution in [3.05, 3.63) is 42.1 Å². The van der Waals surface area contributed by atoms with Crippen molar-refractivity contribution < 1.29 is 4.79 Å². The van der Waals surface area contributed by atoms with Gasteiger partial charge < -0.3 is 5.32 Å². The molecule has 1 aliphatic rings. The molecule has 2 N–H and O–H groups in total. The summed E-state index contributed by atoms with van der Waals surface area (Å²) in [5.41, 5.74) is 4.35. The standard InChI is InChI=1S/C15H16N4O/c20-15(13-7-3-8-16-13)19-18-10-12-5-1-4-11-6-2-9-17-14(11)12/h1-2,4-6,9-10,13,16H,3,7-8H2,(H,19,20)/t13-/m0/s1. The Labute approximate surface area is 117 Å². The molecule has 20 heavy (non-hydrogen) atoms. The van der Waals surface area contributed by atoms with E-state index in [9.17, 15) is 4.79 Å². The molecule has 1 atom stereocenters. The molecule has 2 heterocycles. The number of carbonyl (C=O) groups excluding carboxylic acids is 1. The zero-order valence-electron chi connectivity index (χ0n) is 11.0. The minimum Gasteiger partial charge on any atom is -0.306 e. The molecule has 1 aliphatic heterocycles. The highest BCUT2D eigenvalue weighted by Gasteiger charge is 2.21. The first kappa shape index (κ1) is 12.7. The Hall–Kier alpha value is -2.27. The van der Waals surface area contributed by atoms with Gasteiger partial charge in [-0.05, 0) is 25.5 Å². The van der Waals surface area contributed by atoms with Crippen LogP contribution in [0.3, 0.4) is 0 Å². The molecule has 1 amide bonds. The van der Waals surface area contributed by atoms with Crippen LogP contribution in [0.5, 0.6) is 0 Å². The number of amides is 1. The second kappa shape index (κ2) is 5.79. The number of fused-ring (bicyclic) bond motifs is 1. The fraction of sp³-hybridized carbons (Fsp3) is 0.267. The molecule has 3 rings (SSSR count). The van der Waals surface area contributed by atoms with Crippen molar-refractivity contribution in [2.45, 2.75) is 18.9 Å². The minimum absolute atomic E-state index is 0.0769. The third kappa shape index (κ3) is 2.67. The first-order valence-electron chi connectivity index (χ1n) is 6.74. The number of nitrogens with one attached hydrogen (secondary N) is 2. The number of aromatic nitrogens is 1. The second-order valence-electron chi connectivity index (χ2n) is 4.81. The molecule has 0 radical (unpaired) electrons. The quantitative estimate of drug-likeness (QED) is 0.654. The molecule has 1 saturated heterocycles. The predicted octanol–water partition coefficient (Wildman–Crippen LogP) is 1.44. The van der Waals surface area contributed by atoms with E-state index in [1.54, 1.807) is 12.4 Å². The molecular formula is C15H16N4O.